The zero-order valence-electron chi connectivity index (χ0n) is 16.2. The molecule has 148 valence electrons. The van der Waals surface area contributed by atoms with Crippen LogP contribution in [0.4, 0.5) is 5.69 Å². The Labute approximate surface area is 174 Å². The number of hydrogen-bond acceptors (Lipinski definition) is 2. The Bertz CT molecular complexity index is 997. The van der Waals surface area contributed by atoms with Crippen LogP contribution in [0.2, 0.25) is 0 Å². The van der Waals surface area contributed by atoms with Gasteiger partial charge in [-0.05, 0) is 66.8 Å². The summed E-state index contributed by atoms with van der Waals surface area (Å²) in [4.78, 5) is 13.4. The number of rotatable bonds is 6. The molecule has 1 aliphatic heterocycles. The summed E-state index contributed by atoms with van der Waals surface area (Å²) in [7, 11) is -1.12. The molecule has 0 saturated carbocycles. The molecule has 1 unspecified atom stereocenters. The maximum atomic E-state index is 12.7. The van der Waals surface area contributed by atoms with E-state index in [1.807, 2.05) is 71.0 Å². The molecular weight excluding hydrogens is 380 g/mol. The quantitative estimate of drug-likeness (QED) is 0.650. The predicted octanol–water partition coefficient (Wildman–Crippen LogP) is 4.65. The average molecular weight is 405 g/mol. The number of hydrogen-bond donors (Lipinski definition) is 1. The van der Waals surface area contributed by atoms with Crippen LogP contribution in [0, 0.1) is 0 Å². The van der Waals surface area contributed by atoms with Gasteiger partial charge in [0.05, 0.1) is 4.90 Å². The lowest BCUT2D eigenvalue weighted by Gasteiger charge is -2.14. The van der Waals surface area contributed by atoms with Gasteiger partial charge in [-0.1, -0.05) is 42.5 Å². The molecule has 0 aromatic heterocycles. The van der Waals surface area contributed by atoms with E-state index in [9.17, 15) is 9.00 Å². The first-order valence-electron chi connectivity index (χ1n) is 9.90. The van der Waals surface area contributed by atoms with Gasteiger partial charge in [0.2, 0.25) is 0 Å². The van der Waals surface area contributed by atoms with Crippen LogP contribution in [-0.4, -0.2) is 27.5 Å². The van der Waals surface area contributed by atoms with Crippen molar-refractivity contribution in [3.63, 3.8) is 0 Å². The van der Waals surface area contributed by atoms with Crippen LogP contribution in [0.5, 0.6) is 0 Å². The number of nitrogens with zero attached hydrogens (tertiary/aromatic N) is 1. The third-order valence-corrected chi connectivity index (χ3v) is 6.56. The summed E-state index contributed by atoms with van der Waals surface area (Å²) in [5.41, 5.74) is 3.64. The highest BCUT2D eigenvalue weighted by Gasteiger charge is 2.19. The molecule has 29 heavy (non-hydrogen) atoms. The van der Waals surface area contributed by atoms with Gasteiger partial charge >= 0.3 is 0 Å². The van der Waals surface area contributed by atoms with Crippen LogP contribution in [0.25, 0.3) is 0 Å². The van der Waals surface area contributed by atoms with Gasteiger partial charge in [-0.3, -0.25) is 4.79 Å². The molecule has 1 atom stereocenters. The minimum Gasteiger partial charge on any atom is -0.322 e. The van der Waals surface area contributed by atoms with Crippen LogP contribution in [-0.2, 0) is 17.4 Å². The predicted molar refractivity (Wildman–Crippen MR) is 117 cm³/mol. The van der Waals surface area contributed by atoms with Crippen molar-refractivity contribution in [2.45, 2.75) is 24.2 Å². The van der Waals surface area contributed by atoms with Gasteiger partial charge in [-0.25, -0.2) is 8.51 Å². The second-order valence-electron chi connectivity index (χ2n) is 7.23. The number of carbonyl (C=O) groups excluding carboxylic acids is 1. The summed E-state index contributed by atoms with van der Waals surface area (Å²) in [5.74, 6) is -0.145. The van der Waals surface area contributed by atoms with Gasteiger partial charge in [0.1, 0.15) is 11.0 Å². The lowest BCUT2D eigenvalue weighted by atomic mass is 10.0. The molecule has 0 bridgehead atoms. The zero-order valence-corrected chi connectivity index (χ0v) is 17.0. The molecule has 4 nitrogen and oxygen atoms in total. The third-order valence-electron chi connectivity index (χ3n) is 5.05. The highest BCUT2D eigenvalue weighted by Crippen LogP contribution is 2.20. The smallest absolute Gasteiger partial charge is 0.255 e. The van der Waals surface area contributed by atoms with Crippen LogP contribution in [0.1, 0.15) is 34.3 Å². The Balaban J connectivity index is 1.41. The molecule has 4 rings (SSSR count). The molecule has 0 spiro atoms. The van der Waals surface area contributed by atoms with Gasteiger partial charge in [-0.2, -0.15) is 0 Å². The second-order valence-corrected chi connectivity index (χ2v) is 8.71. The largest absolute Gasteiger partial charge is 0.322 e. The number of carbonyl (C=O) groups is 1. The van der Waals surface area contributed by atoms with Crippen molar-refractivity contribution in [2.75, 3.05) is 18.4 Å². The van der Waals surface area contributed by atoms with Crippen molar-refractivity contribution in [1.82, 2.24) is 4.31 Å². The Hall–Kier alpha value is -2.76. The Kier molecular flexibility index (Phi) is 6.17. The summed E-state index contributed by atoms with van der Waals surface area (Å²) in [6, 6.07) is 25.2. The van der Waals surface area contributed by atoms with Crippen LogP contribution in [0.15, 0.2) is 83.8 Å². The summed E-state index contributed by atoms with van der Waals surface area (Å²) in [5, 5.41) is 2.93. The van der Waals surface area contributed by atoms with Gasteiger partial charge in [0.25, 0.3) is 5.91 Å². The monoisotopic (exact) mass is 404 g/mol. The number of benzene rings is 3. The number of anilines is 1. The van der Waals surface area contributed by atoms with Gasteiger partial charge in [-0.15, -0.1) is 0 Å². The Morgan fingerprint density at radius 3 is 2.28 bits per heavy atom. The maximum Gasteiger partial charge on any atom is 0.255 e. The van der Waals surface area contributed by atoms with E-state index in [1.54, 1.807) is 0 Å². The van der Waals surface area contributed by atoms with E-state index < -0.39 is 11.0 Å². The molecule has 1 N–H and O–H groups in total. The molecular formula is C24H24N2O2S. The van der Waals surface area contributed by atoms with E-state index >= 15 is 0 Å². The standard InChI is InChI=1S/C24H24N2O2S/c27-24(21-10-6-9-20(18-21)17-19-7-2-1-3-8-19)25-22-11-13-23(14-12-22)29(28)26-15-4-5-16-26/h1-3,6-14,18H,4-5,15-17H2,(H,25,27). The fourth-order valence-corrected chi connectivity index (χ4v) is 4.77. The van der Waals surface area contributed by atoms with E-state index in [-0.39, 0.29) is 5.91 Å². The van der Waals surface area contributed by atoms with Gasteiger partial charge in [0, 0.05) is 24.3 Å². The van der Waals surface area contributed by atoms with E-state index in [1.165, 1.54) is 5.56 Å². The van der Waals surface area contributed by atoms with Gasteiger partial charge in [0.15, 0.2) is 0 Å². The summed E-state index contributed by atoms with van der Waals surface area (Å²) < 4.78 is 14.5. The Morgan fingerprint density at radius 2 is 1.55 bits per heavy atom. The molecule has 3 aromatic carbocycles. The van der Waals surface area contributed by atoms with Gasteiger partial charge < -0.3 is 5.32 Å². The first kappa shape index (κ1) is 19.6. The first-order chi connectivity index (χ1) is 14.2. The molecule has 0 aliphatic carbocycles. The normalized spacial score (nSPS) is 15.2. The minimum atomic E-state index is -1.12. The van der Waals surface area contributed by atoms with Crippen molar-refractivity contribution in [3.05, 3.63) is 95.6 Å². The van der Waals surface area contributed by atoms with Crippen molar-refractivity contribution >= 4 is 22.6 Å². The SMILES string of the molecule is O=C(Nc1ccc(S(=O)N2CCCC2)cc1)c1cccc(Cc2ccccc2)c1. The van der Waals surface area contributed by atoms with E-state index in [4.69, 9.17) is 0 Å². The highest BCUT2D eigenvalue weighted by molar-refractivity contribution is 7.82. The van der Waals surface area contributed by atoms with Crippen LogP contribution in [0.3, 0.4) is 0 Å². The summed E-state index contributed by atoms with van der Waals surface area (Å²) in [6.07, 6.45) is 2.99. The molecule has 3 aromatic rings. The molecule has 1 amide bonds. The fourth-order valence-electron chi connectivity index (χ4n) is 3.52. The van der Waals surface area contributed by atoms with Crippen molar-refractivity contribution in [1.29, 1.82) is 0 Å². The summed E-state index contributed by atoms with van der Waals surface area (Å²) in [6.45, 7) is 1.76. The fraction of sp³-hybridized carbons (Fsp3) is 0.208. The third kappa shape index (κ3) is 5.00. The lowest BCUT2D eigenvalue weighted by Crippen LogP contribution is -2.22. The molecule has 5 heteroatoms. The molecule has 1 aliphatic rings. The van der Waals surface area contributed by atoms with Crippen LogP contribution < -0.4 is 5.32 Å². The molecule has 0 radical (unpaired) electrons. The topological polar surface area (TPSA) is 49.4 Å². The van der Waals surface area contributed by atoms with E-state index in [2.05, 4.69) is 17.4 Å². The molecule has 1 saturated heterocycles. The summed E-state index contributed by atoms with van der Waals surface area (Å²) >= 11 is 0. The maximum absolute atomic E-state index is 12.7. The minimum absolute atomic E-state index is 0.145. The van der Waals surface area contributed by atoms with Crippen molar-refractivity contribution < 1.29 is 9.00 Å². The zero-order chi connectivity index (χ0) is 20.1. The second kappa shape index (κ2) is 9.16. The Morgan fingerprint density at radius 1 is 0.862 bits per heavy atom. The highest BCUT2D eigenvalue weighted by atomic mass is 32.2. The average Bonchev–Trinajstić information content (AvgIpc) is 3.30. The molecule has 1 fully saturated rings. The van der Waals surface area contributed by atoms with Crippen molar-refractivity contribution in [2.24, 2.45) is 0 Å². The van der Waals surface area contributed by atoms with Crippen molar-refractivity contribution in [3.8, 4) is 0 Å². The first-order valence-corrected chi connectivity index (χ1v) is 11.0. The number of amides is 1. The van der Waals surface area contributed by atoms with Crippen LogP contribution >= 0.6 is 0 Å². The van der Waals surface area contributed by atoms with E-state index in [0.717, 1.165) is 42.8 Å². The van der Waals surface area contributed by atoms with E-state index in [0.29, 0.717) is 11.3 Å². The molecule has 1 heterocycles. The lowest BCUT2D eigenvalue weighted by molar-refractivity contribution is 0.102. The number of nitrogens with one attached hydrogen (secondary N) is 1.